The number of hydrogen-bond donors (Lipinski definition) is 1. The summed E-state index contributed by atoms with van der Waals surface area (Å²) in [6, 6.07) is 6.46. The molecule has 6 heteroatoms. The molecule has 0 bridgehead atoms. The molecular formula is C21H25FN4O. The minimum Gasteiger partial charge on any atom is -0.352 e. The molecule has 0 fully saturated rings. The second-order valence-electron chi connectivity index (χ2n) is 7.30. The highest BCUT2D eigenvalue weighted by molar-refractivity contribution is 5.99. The maximum Gasteiger partial charge on any atom is 0.256 e. The van der Waals surface area contributed by atoms with E-state index in [0.717, 1.165) is 28.9 Å². The van der Waals surface area contributed by atoms with Gasteiger partial charge in [-0.05, 0) is 49.4 Å². The molecule has 0 saturated heterocycles. The molecule has 0 spiro atoms. The number of nitrogens with zero attached hydrogens (tertiary/aromatic N) is 3. The van der Waals surface area contributed by atoms with Gasteiger partial charge in [0.25, 0.3) is 5.91 Å². The molecule has 3 aromatic rings. The van der Waals surface area contributed by atoms with Crippen LogP contribution in [0.5, 0.6) is 0 Å². The SMILES string of the molecule is Cc1nc2c(C(=O)NCCC(C)C)cnn2c(C)c1Cc1ccc(F)cc1. The van der Waals surface area contributed by atoms with Gasteiger partial charge in [-0.2, -0.15) is 5.10 Å². The van der Waals surface area contributed by atoms with Crippen molar-refractivity contribution in [3.05, 3.63) is 64.4 Å². The van der Waals surface area contributed by atoms with Gasteiger partial charge in [-0.3, -0.25) is 4.79 Å². The second-order valence-corrected chi connectivity index (χ2v) is 7.30. The van der Waals surface area contributed by atoms with E-state index in [-0.39, 0.29) is 11.7 Å². The quantitative estimate of drug-likeness (QED) is 0.719. The topological polar surface area (TPSA) is 59.3 Å². The molecule has 2 heterocycles. The van der Waals surface area contributed by atoms with Crippen molar-refractivity contribution in [1.29, 1.82) is 0 Å². The lowest BCUT2D eigenvalue weighted by atomic mass is 10.0. The van der Waals surface area contributed by atoms with E-state index in [1.54, 1.807) is 22.8 Å². The molecule has 0 saturated carbocycles. The van der Waals surface area contributed by atoms with Crippen LogP contribution >= 0.6 is 0 Å². The molecule has 2 aromatic heterocycles. The zero-order valence-corrected chi connectivity index (χ0v) is 16.2. The van der Waals surface area contributed by atoms with Crippen LogP contribution in [0.25, 0.3) is 5.65 Å². The van der Waals surface area contributed by atoms with Gasteiger partial charge in [0, 0.05) is 24.4 Å². The fourth-order valence-electron chi connectivity index (χ4n) is 3.10. The smallest absolute Gasteiger partial charge is 0.256 e. The highest BCUT2D eigenvalue weighted by atomic mass is 19.1. The highest BCUT2D eigenvalue weighted by Crippen LogP contribution is 2.20. The first kappa shape index (κ1) is 19.0. The maximum atomic E-state index is 13.1. The average Bonchev–Trinajstić information content (AvgIpc) is 3.03. The van der Waals surface area contributed by atoms with Crippen molar-refractivity contribution in [2.75, 3.05) is 6.54 Å². The standard InChI is InChI=1S/C21H25FN4O/c1-13(2)9-10-23-21(27)19-12-24-26-15(4)18(14(3)25-20(19)26)11-16-5-7-17(22)8-6-16/h5-8,12-13H,9-11H2,1-4H3,(H,23,27). The van der Waals surface area contributed by atoms with Gasteiger partial charge >= 0.3 is 0 Å². The van der Waals surface area contributed by atoms with Crippen LogP contribution < -0.4 is 5.32 Å². The largest absolute Gasteiger partial charge is 0.352 e. The van der Waals surface area contributed by atoms with Crippen molar-refractivity contribution in [1.82, 2.24) is 19.9 Å². The van der Waals surface area contributed by atoms with E-state index in [2.05, 4.69) is 29.2 Å². The van der Waals surface area contributed by atoms with Crippen LogP contribution in [0.2, 0.25) is 0 Å². The third-order valence-corrected chi connectivity index (χ3v) is 4.75. The van der Waals surface area contributed by atoms with Crippen molar-refractivity contribution in [3.63, 3.8) is 0 Å². The van der Waals surface area contributed by atoms with E-state index in [0.29, 0.717) is 30.1 Å². The number of hydrogen-bond acceptors (Lipinski definition) is 3. The van der Waals surface area contributed by atoms with E-state index in [1.807, 2.05) is 13.8 Å². The zero-order valence-electron chi connectivity index (χ0n) is 16.2. The normalized spacial score (nSPS) is 11.3. The summed E-state index contributed by atoms with van der Waals surface area (Å²) in [5.41, 5.74) is 4.86. The average molecular weight is 368 g/mol. The van der Waals surface area contributed by atoms with Crippen molar-refractivity contribution in [2.45, 2.75) is 40.5 Å². The molecular weight excluding hydrogens is 343 g/mol. The summed E-state index contributed by atoms with van der Waals surface area (Å²) in [5, 5.41) is 7.31. The number of aromatic nitrogens is 3. The lowest BCUT2D eigenvalue weighted by Gasteiger charge is -2.12. The third kappa shape index (κ3) is 4.15. The molecule has 0 aliphatic heterocycles. The summed E-state index contributed by atoms with van der Waals surface area (Å²) in [6.45, 7) is 8.78. The Morgan fingerprint density at radius 2 is 1.93 bits per heavy atom. The first-order valence-electron chi connectivity index (χ1n) is 9.23. The first-order chi connectivity index (χ1) is 12.9. The van der Waals surface area contributed by atoms with E-state index in [1.165, 1.54) is 12.1 Å². The minimum atomic E-state index is -0.249. The fraction of sp³-hybridized carbons (Fsp3) is 0.381. The lowest BCUT2D eigenvalue weighted by molar-refractivity contribution is 0.0953. The summed E-state index contributed by atoms with van der Waals surface area (Å²) in [6.07, 6.45) is 3.13. The maximum absolute atomic E-state index is 13.1. The number of carbonyl (C=O) groups excluding carboxylic acids is 1. The minimum absolute atomic E-state index is 0.150. The van der Waals surface area contributed by atoms with E-state index < -0.39 is 0 Å². The summed E-state index contributed by atoms with van der Waals surface area (Å²) >= 11 is 0. The fourth-order valence-corrected chi connectivity index (χ4v) is 3.10. The number of amides is 1. The van der Waals surface area contributed by atoms with Gasteiger partial charge in [0.15, 0.2) is 5.65 Å². The molecule has 1 amide bonds. The Morgan fingerprint density at radius 1 is 1.22 bits per heavy atom. The van der Waals surface area contributed by atoms with Crippen molar-refractivity contribution >= 4 is 11.6 Å². The number of nitrogens with one attached hydrogen (secondary N) is 1. The molecule has 0 aliphatic carbocycles. The molecule has 1 N–H and O–H groups in total. The number of aryl methyl sites for hydroxylation is 2. The Bertz CT molecular complexity index is 960. The van der Waals surface area contributed by atoms with Crippen molar-refractivity contribution < 1.29 is 9.18 Å². The van der Waals surface area contributed by atoms with Gasteiger partial charge in [-0.1, -0.05) is 26.0 Å². The molecule has 27 heavy (non-hydrogen) atoms. The van der Waals surface area contributed by atoms with E-state index in [4.69, 9.17) is 0 Å². The zero-order chi connectivity index (χ0) is 19.6. The van der Waals surface area contributed by atoms with Crippen LogP contribution in [0, 0.1) is 25.6 Å². The van der Waals surface area contributed by atoms with Gasteiger partial charge in [0.05, 0.1) is 6.20 Å². The molecule has 0 aliphatic rings. The first-order valence-corrected chi connectivity index (χ1v) is 9.23. The van der Waals surface area contributed by atoms with Crippen LogP contribution in [0.3, 0.4) is 0 Å². The number of benzene rings is 1. The summed E-state index contributed by atoms with van der Waals surface area (Å²) in [7, 11) is 0. The summed E-state index contributed by atoms with van der Waals surface area (Å²) in [4.78, 5) is 17.1. The van der Waals surface area contributed by atoms with Crippen molar-refractivity contribution in [3.8, 4) is 0 Å². The third-order valence-electron chi connectivity index (χ3n) is 4.75. The van der Waals surface area contributed by atoms with Crippen LogP contribution in [0.4, 0.5) is 4.39 Å². The molecule has 0 radical (unpaired) electrons. The number of fused-ring (bicyclic) bond motifs is 1. The number of rotatable bonds is 6. The Kier molecular flexibility index (Phi) is 5.54. The number of halogens is 1. The van der Waals surface area contributed by atoms with Crippen LogP contribution in [-0.2, 0) is 6.42 Å². The Balaban J connectivity index is 1.89. The Hall–Kier alpha value is -2.76. The predicted octanol–water partition coefficient (Wildman–Crippen LogP) is 3.85. The van der Waals surface area contributed by atoms with Crippen LogP contribution in [0.1, 0.15) is 53.1 Å². The summed E-state index contributed by atoms with van der Waals surface area (Å²) < 4.78 is 14.9. The van der Waals surface area contributed by atoms with Gasteiger partial charge in [-0.15, -0.1) is 0 Å². The van der Waals surface area contributed by atoms with Gasteiger partial charge in [0.1, 0.15) is 11.4 Å². The van der Waals surface area contributed by atoms with Crippen molar-refractivity contribution in [2.24, 2.45) is 5.92 Å². The van der Waals surface area contributed by atoms with Gasteiger partial charge in [-0.25, -0.2) is 13.9 Å². The Morgan fingerprint density at radius 3 is 2.59 bits per heavy atom. The molecule has 3 rings (SSSR count). The molecule has 5 nitrogen and oxygen atoms in total. The molecule has 1 aromatic carbocycles. The van der Waals surface area contributed by atoms with Crippen LogP contribution in [0.15, 0.2) is 30.5 Å². The van der Waals surface area contributed by atoms with Gasteiger partial charge in [0.2, 0.25) is 0 Å². The molecule has 0 unspecified atom stereocenters. The van der Waals surface area contributed by atoms with Gasteiger partial charge < -0.3 is 5.32 Å². The lowest BCUT2D eigenvalue weighted by Crippen LogP contribution is -2.25. The highest BCUT2D eigenvalue weighted by Gasteiger charge is 2.18. The monoisotopic (exact) mass is 368 g/mol. The summed E-state index contributed by atoms with van der Waals surface area (Å²) in [5.74, 6) is 0.134. The molecule has 0 atom stereocenters. The van der Waals surface area contributed by atoms with E-state index >= 15 is 0 Å². The predicted molar refractivity (Wildman–Crippen MR) is 103 cm³/mol. The Labute approximate surface area is 158 Å². The molecule has 142 valence electrons. The van der Waals surface area contributed by atoms with E-state index in [9.17, 15) is 9.18 Å². The number of carbonyl (C=O) groups is 1. The second kappa shape index (κ2) is 7.86. The van der Waals surface area contributed by atoms with Crippen LogP contribution in [-0.4, -0.2) is 27.0 Å².